The van der Waals surface area contributed by atoms with Crippen LogP contribution in [0.15, 0.2) is 44.5 Å². The zero-order chi connectivity index (χ0) is 72.3. The number of nitrogens with two attached hydrogens (primary N) is 1. The molecule has 560 valence electrons. The Hall–Kier alpha value is 0.260. The van der Waals surface area contributed by atoms with Crippen LogP contribution >= 0.6 is 149 Å². The van der Waals surface area contributed by atoms with E-state index in [2.05, 4.69) is 174 Å². The summed E-state index contributed by atoms with van der Waals surface area (Å²) >= 11 is 36.5. The van der Waals surface area contributed by atoms with Gasteiger partial charge in [0.25, 0.3) is 22.2 Å². The summed E-state index contributed by atoms with van der Waals surface area (Å²) in [6, 6.07) is 0. The largest absolute Gasteiger partial charge is 0.387 e. The Bertz CT molecular complexity index is 4860. The van der Waals surface area contributed by atoms with Gasteiger partial charge in [0.2, 0.25) is 30.0 Å². The number of H-pyrrole nitrogens is 4. The van der Waals surface area contributed by atoms with E-state index < -0.39 is 136 Å². The molecule has 1 amide bonds. The number of carbonyl (C=O) groups is 1. The maximum absolute atomic E-state index is 16.3. The fourth-order valence-electron chi connectivity index (χ4n) is 9.46. The van der Waals surface area contributed by atoms with Crippen molar-refractivity contribution in [3.63, 3.8) is 0 Å². The number of carbonyl (C=O) groups excluding carboxylic acids is 1. The monoisotopic (exact) mass is 2490 g/mol. The number of nitrogens with zero attached hydrogens (tertiary/aromatic N) is 13. The quantitative estimate of drug-likeness (QED) is 0.0173. The second-order valence-electron chi connectivity index (χ2n) is 20.5. The van der Waals surface area contributed by atoms with Crippen molar-refractivity contribution >= 4 is 246 Å². The molecule has 0 radical (unpaired) electrons. The third kappa shape index (κ3) is 21.1. The van der Waals surface area contributed by atoms with E-state index in [4.69, 9.17) is 97.9 Å². The number of hydrogen-bond donors (Lipinski definition) is 9. The second kappa shape index (κ2) is 37.1. The number of amides is 1. The van der Waals surface area contributed by atoms with E-state index >= 15 is 8.78 Å². The van der Waals surface area contributed by atoms with Crippen molar-refractivity contribution in [3.8, 4) is 0 Å². The minimum Gasteiger partial charge on any atom is -0.369 e. The van der Waals surface area contributed by atoms with Gasteiger partial charge in [0, 0.05) is 19.0 Å². The van der Waals surface area contributed by atoms with Gasteiger partial charge in [0.15, 0.2) is 69.5 Å². The number of imidazole rings is 4. The molecule has 12 rings (SSSR count). The van der Waals surface area contributed by atoms with Gasteiger partial charge in [0.05, 0.1) is 51.7 Å². The fourth-order valence-corrected chi connectivity index (χ4v) is 517. The number of nitrogens with one attached hydrogen (secondary N) is 5. The van der Waals surface area contributed by atoms with Gasteiger partial charge in [-0.25, -0.2) is 49.8 Å². The Kier molecular flexibility index (Phi) is 31.3. The molecule has 0 aromatic carbocycles. The standard InChI is InChI=1S/C25H29FN10O10P2S2.C18H20FN9O8P2S3.CH3I8.CH4/c1-12(2)21(37)33-25-32-20-16(23(39)34-25)30-11-36(20)24-18-15(26)13(45-24)8-44-48(50,41-6-4-27-3)42-7-5-35-14(9-43-47(40,49)46-18)31-17-19(35)28-10-29-22(17)38;19-9-7-3-34-38(40,41)32-2-1-27-8(24-11-13(27)21-5-22-15(11)29)4-33-37(31,39)36-12(9)17(35-7)28-6-23-10-14(28)25-18(20)26-16(10)30;1-6-8(4)9(5)7(2)3;/h10-13,15,18,24H,4-9H2,1-2H3,(H,40,49)(H,28,29,38)(H2,32,33,34,37,39);5-7,9,12,17H,1-4H2,(H,31,39)(H,40,41)(H,21,22,29)(H3,20,25,26,30);1H3;1H4/q;;-1;/t13-,15-,18-,24-,47?,48?;7-,9-,12-,17-,37?;;/m11../s1. The average molecular weight is 2490 g/mol. The van der Waals surface area contributed by atoms with Gasteiger partial charge < -0.3 is 71.2 Å². The minimum atomic E-state index is -4.46. The number of anilines is 2. The molecule has 4 unspecified atom stereocenters. The van der Waals surface area contributed by atoms with Crippen molar-refractivity contribution in [1.82, 2.24) is 78.1 Å². The number of hydrogen-bond acceptors (Lipinski definition) is 29. The molecule has 8 N–H and O–H groups in total. The molecule has 8 aromatic rings. The van der Waals surface area contributed by atoms with Crippen LogP contribution in [0, 0.1) is 12.5 Å². The molecule has 0 saturated carbocycles. The number of alkyl halides is 3. The van der Waals surface area contributed by atoms with Gasteiger partial charge in [-0.05, 0) is 35.4 Å². The first-order chi connectivity index (χ1) is 47.3. The molecule has 101 heavy (non-hydrogen) atoms. The summed E-state index contributed by atoms with van der Waals surface area (Å²) in [5.74, 6) is -1.10. The van der Waals surface area contributed by atoms with Crippen LogP contribution in [0.5, 0.6) is 0 Å². The third-order valence-electron chi connectivity index (χ3n) is 13.8. The number of aromatic amines is 4. The number of halogens is 10. The average Bonchev–Trinajstić information content (AvgIpc) is 1.63. The predicted octanol–water partition coefficient (Wildman–Crippen LogP) is 6.63. The molecule has 4 bridgehead atoms. The molecule has 56 heteroatoms. The van der Waals surface area contributed by atoms with E-state index in [1.807, 2.05) is 0 Å². The molecule has 4 aliphatic heterocycles. The maximum Gasteiger partial charge on any atom is 0.387 e. The molecule has 12 atom stereocenters. The topological polar surface area (TPSA) is 453 Å². The van der Waals surface area contributed by atoms with Gasteiger partial charge in [-0.15, -0.1) is 0 Å². The third-order valence-corrected chi connectivity index (χ3v) is 385. The van der Waals surface area contributed by atoms with Crippen molar-refractivity contribution in [2.24, 2.45) is 5.92 Å². The zero-order valence-electron chi connectivity index (χ0n) is 50.5. The van der Waals surface area contributed by atoms with Crippen LogP contribution in [0.1, 0.15) is 45.4 Å². The van der Waals surface area contributed by atoms with Crippen molar-refractivity contribution in [2.75, 3.05) is 55.6 Å². The Morgan fingerprint density at radius 3 is 1.84 bits per heavy atom. The number of ether oxygens (including phenoxy) is 2. The van der Waals surface area contributed by atoms with Gasteiger partial charge in [-0.1, -0.05) is 45.8 Å². The second-order valence-corrected chi connectivity index (χ2v) is 187. The zero-order valence-corrected chi connectivity index (χ0v) is 75.6. The van der Waals surface area contributed by atoms with E-state index in [1.165, 1.54) is 37.3 Å². The van der Waals surface area contributed by atoms with E-state index in [0.717, 1.165) is 6.33 Å². The first kappa shape index (κ1) is 85.3. The summed E-state index contributed by atoms with van der Waals surface area (Å²) in [7, 11) is -0.769. The van der Waals surface area contributed by atoms with Crippen LogP contribution in [-0.4, -0.2) is 170 Å². The first-order valence-corrected chi connectivity index (χ1v) is 85.6. The Balaban J connectivity index is 0.000000211. The number of fused-ring (bicyclic) bond motifs is 12. The van der Waals surface area contributed by atoms with Crippen LogP contribution in [0.4, 0.5) is 20.7 Å². The summed E-state index contributed by atoms with van der Waals surface area (Å²) in [6.07, 6.45) is -8.28. The van der Waals surface area contributed by atoms with E-state index in [-0.39, 0.29) is 139 Å². The molecule has 2 fully saturated rings. The normalized spacial score (nSPS) is 28.0. The maximum atomic E-state index is 16.3. The van der Waals surface area contributed by atoms with Gasteiger partial charge in [0.1, 0.15) is 55.9 Å². The molecular weight excluding hydrogens is 2430 g/mol. The summed E-state index contributed by atoms with van der Waals surface area (Å²) in [5.41, 5.74) is -0.0841. The van der Waals surface area contributed by atoms with E-state index in [9.17, 15) is 33.4 Å². The Morgan fingerprint density at radius 1 is 0.782 bits per heavy atom. The van der Waals surface area contributed by atoms with Gasteiger partial charge in [-0.2, -0.15) is 9.97 Å². The summed E-state index contributed by atoms with van der Waals surface area (Å²) < 4.78 is 114. The molecule has 8 aromatic heterocycles. The molecule has 37 nitrogen and oxygen atoms in total. The minimum absolute atomic E-state index is 0. The number of aromatic nitrogens is 16. The van der Waals surface area contributed by atoms with E-state index in [0.29, 0.717) is 17.2 Å². The summed E-state index contributed by atoms with van der Waals surface area (Å²) in [6.45, 7) is -4.27. The van der Waals surface area contributed by atoms with Crippen LogP contribution in [0.25, 0.3) is 49.5 Å². The van der Waals surface area contributed by atoms with Crippen molar-refractivity contribution < 1.29 is 90.5 Å². The SMILES string of the molecule is C.C[I-]I(I)I(I)I(I)I.Nc1nc2c(ncn2[C@@H]2O[C@@H]3COP(=S)(S)OCCn4c(nc5c(=O)[nH]cnc54)COP(O)(=S)O[C@@H]2[C@@H]3F)c(=O)[nH]1.[C-]#[N+]CCOP1(=S)OCCn2c(nc3c(=O)[nH]cnc32)COP(=O)(S)O[C@@H]2[C@H](F)[C@@H](CO1)O[C@H]2n1cnc2c(=O)[nH]c(NC(=O)C(C)C)nc21. The van der Waals surface area contributed by atoms with Crippen molar-refractivity contribution in [2.45, 2.75) is 96.8 Å². The Labute approximate surface area is 653 Å². The van der Waals surface area contributed by atoms with Crippen LogP contribution in [0.2, 0.25) is 0 Å². The molecule has 2 saturated heterocycles. The van der Waals surface area contributed by atoms with Crippen molar-refractivity contribution in [1.29, 1.82) is 0 Å². The van der Waals surface area contributed by atoms with Gasteiger partial charge in [-0.3, -0.25) is 62.0 Å². The smallest absolute Gasteiger partial charge is 0.369 e. The van der Waals surface area contributed by atoms with Crippen molar-refractivity contribution in [3.05, 3.63) is 89.8 Å². The number of nitrogen functional groups attached to an aromatic ring is 1. The number of rotatable bonds is 10. The molecule has 12 heterocycles. The Morgan fingerprint density at radius 2 is 1.31 bits per heavy atom. The molecule has 4 aliphatic rings. The van der Waals surface area contributed by atoms with Crippen LogP contribution < -0.4 is 50.5 Å². The van der Waals surface area contributed by atoms with E-state index in [1.54, 1.807) is 13.8 Å². The van der Waals surface area contributed by atoms with Gasteiger partial charge >= 0.3 is 141 Å². The van der Waals surface area contributed by atoms with Crippen LogP contribution in [0.3, 0.4) is 0 Å². The fraction of sp³-hybridized carbons (Fsp3) is 0.511. The molecule has 0 aliphatic carbocycles. The summed E-state index contributed by atoms with van der Waals surface area (Å²) in [4.78, 5) is 122. The summed E-state index contributed by atoms with van der Waals surface area (Å²) in [5, 5.41) is 2.49. The first-order valence-electron chi connectivity index (χ1n) is 27.8. The molecular formula is C45H56F2I8N19O18P4S5-. The number of thiol groups is 2. The van der Waals surface area contributed by atoms with Crippen LogP contribution in [-0.2, 0) is 121 Å². The predicted molar refractivity (Wildman–Crippen MR) is 440 cm³/mol. The molecule has 0 spiro atoms.